The van der Waals surface area contributed by atoms with Gasteiger partial charge in [-0.05, 0) is 50.9 Å². The maximum absolute atomic E-state index is 17.0. The van der Waals surface area contributed by atoms with Crippen LogP contribution in [0.5, 0.6) is 6.01 Å². The van der Waals surface area contributed by atoms with Gasteiger partial charge < -0.3 is 20.1 Å². The molecule has 4 aromatic rings. The van der Waals surface area contributed by atoms with Crippen LogP contribution in [0.1, 0.15) is 44.2 Å². The second-order valence-corrected chi connectivity index (χ2v) is 13.6. The number of nitriles is 1. The van der Waals surface area contributed by atoms with Crippen LogP contribution in [0.2, 0.25) is 0 Å². The Morgan fingerprint density at radius 1 is 1.19 bits per heavy atom. The van der Waals surface area contributed by atoms with E-state index in [1.807, 2.05) is 24.8 Å². The zero-order chi connectivity index (χ0) is 33.4. The summed E-state index contributed by atoms with van der Waals surface area (Å²) >= 11 is 0.693. The van der Waals surface area contributed by atoms with E-state index in [9.17, 15) is 27.2 Å². The highest BCUT2D eigenvalue weighted by atomic mass is 32.1. The van der Waals surface area contributed by atoms with Crippen LogP contribution >= 0.6 is 11.3 Å². The van der Waals surface area contributed by atoms with E-state index in [2.05, 4.69) is 9.97 Å². The highest BCUT2D eigenvalue weighted by Gasteiger charge is 2.49. The fraction of sp³-hybridized carbons (Fsp3) is 0.469. The van der Waals surface area contributed by atoms with Gasteiger partial charge in [-0.25, -0.2) is 13.2 Å². The van der Waals surface area contributed by atoms with Crippen molar-refractivity contribution in [2.75, 3.05) is 43.5 Å². The molecule has 4 atom stereocenters. The summed E-state index contributed by atoms with van der Waals surface area (Å²) in [6.45, 7) is 5.12. The number of fused-ring (bicyclic) bond motifs is 3. The molecule has 8 nitrogen and oxygen atoms in total. The van der Waals surface area contributed by atoms with Crippen LogP contribution in [-0.2, 0) is 10.9 Å². The lowest BCUT2D eigenvalue weighted by molar-refractivity contribution is -0.137. The Labute approximate surface area is 269 Å². The van der Waals surface area contributed by atoms with Crippen LogP contribution in [-0.4, -0.2) is 71.6 Å². The van der Waals surface area contributed by atoms with Gasteiger partial charge in [0.05, 0.1) is 46.7 Å². The molecule has 47 heavy (non-hydrogen) atoms. The molecule has 0 amide bonds. The minimum Gasteiger partial charge on any atom is -0.461 e. The van der Waals surface area contributed by atoms with Crippen LogP contribution in [0, 0.1) is 23.0 Å². The minimum absolute atomic E-state index is 0.0139. The first-order chi connectivity index (χ1) is 22.3. The third-order valence-electron chi connectivity index (χ3n) is 9.54. The minimum atomic E-state index is -5.08. The van der Waals surface area contributed by atoms with Crippen molar-refractivity contribution in [2.24, 2.45) is 0 Å². The van der Waals surface area contributed by atoms with Gasteiger partial charge in [0.1, 0.15) is 41.0 Å². The van der Waals surface area contributed by atoms with Crippen LogP contribution < -0.4 is 15.4 Å². The summed E-state index contributed by atoms with van der Waals surface area (Å²) in [5.74, 6) is -2.12. The van der Waals surface area contributed by atoms with Crippen molar-refractivity contribution >= 4 is 43.1 Å². The normalized spacial score (nSPS) is 25.1. The fourth-order valence-corrected chi connectivity index (χ4v) is 8.47. The monoisotopic (exact) mass is 676 g/mol. The van der Waals surface area contributed by atoms with Crippen molar-refractivity contribution in [2.45, 2.75) is 63.1 Å². The number of halogens is 6. The SMILES string of the molecule is C[C@H]1COC[C@H](C)N1c1nc(OC[C@@]23CCCN2C[C@H](F)C3)nc2c(F)c(-c3ccc(F)c4sc(N)c(C#N)c34)c(C(F)(F)F)cc12. The number of ether oxygens (including phenoxy) is 2. The summed E-state index contributed by atoms with van der Waals surface area (Å²) in [4.78, 5) is 12.7. The van der Waals surface area contributed by atoms with Crippen molar-refractivity contribution < 1.29 is 35.8 Å². The van der Waals surface area contributed by atoms with Crippen molar-refractivity contribution in [3.63, 3.8) is 0 Å². The molecule has 3 saturated heterocycles. The van der Waals surface area contributed by atoms with Gasteiger partial charge in [-0.3, -0.25) is 4.90 Å². The number of benzene rings is 2. The Morgan fingerprint density at radius 3 is 2.64 bits per heavy atom. The Kier molecular flexibility index (Phi) is 7.68. The Hall–Kier alpha value is -3.87. The number of aromatic nitrogens is 2. The van der Waals surface area contributed by atoms with Crippen LogP contribution in [0.3, 0.4) is 0 Å². The van der Waals surface area contributed by atoms with Gasteiger partial charge in [0.2, 0.25) is 0 Å². The summed E-state index contributed by atoms with van der Waals surface area (Å²) in [7, 11) is 0. The molecule has 0 saturated carbocycles. The lowest BCUT2D eigenvalue weighted by atomic mass is 9.92. The molecule has 248 valence electrons. The summed E-state index contributed by atoms with van der Waals surface area (Å²) in [6.07, 6.45) is -4.32. The van der Waals surface area contributed by atoms with Gasteiger partial charge >= 0.3 is 12.2 Å². The number of alkyl halides is 4. The quantitative estimate of drug-likeness (QED) is 0.230. The molecule has 15 heteroatoms. The van der Waals surface area contributed by atoms with Crippen molar-refractivity contribution in [3.8, 4) is 23.2 Å². The van der Waals surface area contributed by atoms with E-state index in [1.165, 1.54) is 0 Å². The van der Waals surface area contributed by atoms with Crippen LogP contribution in [0.15, 0.2) is 18.2 Å². The molecular weight excluding hydrogens is 646 g/mol. The number of nitrogens with zero attached hydrogens (tertiary/aromatic N) is 5. The average Bonchev–Trinajstić information content (AvgIpc) is 3.65. The Morgan fingerprint density at radius 2 is 1.94 bits per heavy atom. The smallest absolute Gasteiger partial charge is 0.417 e. The van der Waals surface area contributed by atoms with E-state index in [1.54, 1.807) is 4.90 Å². The zero-order valence-electron chi connectivity index (χ0n) is 25.4. The first-order valence-corrected chi connectivity index (χ1v) is 16.0. The predicted molar refractivity (Wildman–Crippen MR) is 165 cm³/mol. The zero-order valence-corrected chi connectivity index (χ0v) is 26.2. The van der Waals surface area contributed by atoms with E-state index in [4.69, 9.17) is 15.2 Å². The molecule has 0 radical (unpaired) electrons. The summed E-state index contributed by atoms with van der Waals surface area (Å²) in [5, 5.41) is 9.26. The third kappa shape index (κ3) is 5.12. The molecule has 3 fully saturated rings. The fourth-order valence-electron chi connectivity index (χ4n) is 7.52. The number of nitrogens with two attached hydrogens (primary N) is 1. The molecule has 2 N–H and O–H groups in total. The summed E-state index contributed by atoms with van der Waals surface area (Å²) < 4.78 is 103. The molecule has 2 aromatic heterocycles. The number of rotatable bonds is 5. The highest BCUT2D eigenvalue weighted by Crippen LogP contribution is 2.48. The van der Waals surface area contributed by atoms with Gasteiger partial charge in [0.15, 0.2) is 5.82 Å². The van der Waals surface area contributed by atoms with Gasteiger partial charge in [-0.2, -0.15) is 28.4 Å². The maximum Gasteiger partial charge on any atom is 0.417 e. The lowest BCUT2D eigenvalue weighted by Gasteiger charge is -2.40. The molecule has 0 spiro atoms. The molecule has 0 bridgehead atoms. The average molecular weight is 677 g/mol. The highest BCUT2D eigenvalue weighted by molar-refractivity contribution is 7.23. The van der Waals surface area contributed by atoms with E-state index < -0.39 is 46.2 Å². The Bertz CT molecular complexity index is 1940. The van der Waals surface area contributed by atoms with Crippen molar-refractivity contribution in [1.29, 1.82) is 5.26 Å². The number of anilines is 2. The van der Waals surface area contributed by atoms with E-state index >= 15 is 4.39 Å². The first kappa shape index (κ1) is 31.7. The van der Waals surface area contributed by atoms with Crippen molar-refractivity contribution in [1.82, 2.24) is 14.9 Å². The van der Waals surface area contributed by atoms with E-state index in [-0.39, 0.29) is 88.3 Å². The summed E-state index contributed by atoms with van der Waals surface area (Å²) in [6, 6.07) is 3.58. The second-order valence-electron chi connectivity index (χ2n) is 12.6. The van der Waals surface area contributed by atoms with Crippen LogP contribution in [0.25, 0.3) is 32.1 Å². The molecule has 0 unspecified atom stereocenters. The number of nitrogen functional groups attached to an aromatic ring is 1. The Balaban J connectivity index is 1.48. The first-order valence-electron chi connectivity index (χ1n) is 15.2. The van der Waals surface area contributed by atoms with Gasteiger partial charge in [-0.1, -0.05) is 6.07 Å². The standard InChI is InChI=1S/C32H30F6N6O2S/c1-15-12-45-13-16(2)44(15)29-19-8-21(32(36,37)38)24(18-4-5-22(34)27-23(18)20(10-39)28(40)47-27)25(35)26(19)41-30(42-29)46-14-31-6-3-7-43(31)11-17(33)9-31/h4-5,8,15-17H,3,6-7,9,11-14,40H2,1-2H3/t15-,16-,17+,31-/m0/s1. The third-order valence-corrected chi connectivity index (χ3v) is 10.6. The molecule has 0 aliphatic carbocycles. The molecule has 3 aliphatic heterocycles. The number of morpholine rings is 1. The van der Waals surface area contributed by atoms with Gasteiger partial charge in [-0.15, -0.1) is 11.3 Å². The lowest BCUT2D eigenvalue weighted by Crippen LogP contribution is -2.50. The predicted octanol–water partition coefficient (Wildman–Crippen LogP) is 6.83. The van der Waals surface area contributed by atoms with Gasteiger partial charge in [0.25, 0.3) is 0 Å². The molecular formula is C32H30F6N6O2S. The van der Waals surface area contributed by atoms with E-state index in [0.717, 1.165) is 24.6 Å². The van der Waals surface area contributed by atoms with Gasteiger partial charge in [0, 0.05) is 29.3 Å². The number of hydrogen-bond acceptors (Lipinski definition) is 9. The maximum atomic E-state index is 17.0. The number of hydrogen-bond donors (Lipinski definition) is 1. The largest absolute Gasteiger partial charge is 0.461 e. The van der Waals surface area contributed by atoms with Crippen molar-refractivity contribution in [3.05, 3.63) is 41.0 Å². The number of thiophene rings is 1. The summed E-state index contributed by atoms with van der Waals surface area (Å²) in [5.41, 5.74) is 2.05. The second kappa shape index (κ2) is 11.4. The molecule has 5 heterocycles. The van der Waals surface area contributed by atoms with E-state index in [0.29, 0.717) is 24.3 Å². The molecule has 2 aromatic carbocycles. The topological polar surface area (TPSA) is 101 Å². The van der Waals surface area contributed by atoms with Crippen LogP contribution in [0.4, 0.5) is 37.2 Å². The molecule has 3 aliphatic rings. The molecule has 7 rings (SSSR count).